The van der Waals surface area contributed by atoms with Crippen LogP contribution in [-0.2, 0) is 0 Å². The lowest BCUT2D eigenvalue weighted by Crippen LogP contribution is -2.05. The van der Waals surface area contributed by atoms with E-state index >= 15 is 0 Å². The lowest BCUT2D eigenvalue weighted by molar-refractivity contribution is 0.0648. The molecule has 1 heterocycles. The lowest BCUT2D eigenvalue weighted by atomic mass is 10.2. The van der Waals surface area contributed by atoms with Gasteiger partial charge in [0, 0.05) is 5.39 Å². The van der Waals surface area contributed by atoms with Crippen molar-refractivity contribution in [1.29, 1.82) is 0 Å². The molecule has 0 saturated carbocycles. The summed E-state index contributed by atoms with van der Waals surface area (Å²) in [7, 11) is 0. The summed E-state index contributed by atoms with van der Waals surface area (Å²) in [5, 5.41) is 19.1. The maximum absolute atomic E-state index is 10.8. The highest BCUT2D eigenvalue weighted by Crippen LogP contribution is 2.29. The number of carbonyl (C=O) groups is 1. The van der Waals surface area contributed by atoms with E-state index in [1.807, 2.05) is 0 Å². The van der Waals surface area contributed by atoms with E-state index in [-0.39, 0.29) is 5.69 Å². The highest BCUT2D eigenvalue weighted by molar-refractivity contribution is 9.10. The molecule has 4 nitrogen and oxygen atoms in total. The first kappa shape index (κ1) is 9.08. The van der Waals surface area contributed by atoms with Gasteiger partial charge in [0.2, 0.25) is 0 Å². The first-order chi connectivity index (χ1) is 6.63. The third-order valence-corrected chi connectivity index (χ3v) is 2.79. The van der Waals surface area contributed by atoms with Crippen molar-refractivity contribution in [1.82, 2.24) is 4.73 Å². The molecule has 0 unspecified atom stereocenters. The van der Waals surface area contributed by atoms with Gasteiger partial charge in [0.15, 0.2) is 5.69 Å². The number of hydrogen-bond donors (Lipinski definition) is 2. The fourth-order valence-corrected chi connectivity index (χ4v) is 2.04. The Hall–Kier alpha value is -1.49. The van der Waals surface area contributed by atoms with Gasteiger partial charge in [-0.25, -0.2) is 4.79 Å². The number of aromatic nitrogens is 1. The Morgan fingerprint density at radius 1 is 1.36 bits per heavy atom. The molecule has 0 fully saturated rings. The molecule has 0 aliphatic carbocycles. The van der Waals surface area contributed by atoms with Crippen molar-refractivity contribution in [2.75, 3.05) is 0 Å². The number of carboxylic acids is 1. The molecule has 0 spiro atoms. The normalized spacial score (nSPS) is 10.6. The van der Waals surface area contributed by atoms with Crippen LogP contribution in [0.15, 0.2) is 28.7 Å². The van der Waals surface area contributed by atoms with Crippen LogP contribution in [0.3, 0.4) is 0 Å². The molecule has 72 valence electrons. The number of hydrogen-bond acceptors (Lipinski definition) is 2. The molecular formula is C9H6BrNO3. The van der Waals surface area contributed by atoms with Crippen LogP contribution in [0.1, 0.15) is 10.5 Å². The van der Waals surface area contributed by atoms with E-state index in [1.165, 1.54) is 0 Å². The maximum Gasteiger partial charge on any atom is 0.357 e. The van der Waals surface area contributed by atoms with Crippen LogP contribution < -0.4 is 0 Å². The van der Waals surface area contributed by atoms with Gasteiger partial charge in [-0.15, -0.1) is 0 Å². The molecule has 2 rings (SSSR count). The SMILES string of the molecule is O=C(O)c1c(Br)c2ccccc2n1O. The number of para-hydroxylation sites is 1. The zero-order valence-electron chi connectivity index (χ0n) is 6.94. The molecule has 0 saturated heterocycles. The number of benzene rings is 1. The van der Waals surface area contributed by atoms with Crippen molar-refractivity contribution in [2.45, 2.75) is 0 Å². The van der Waals surface area contributed by atoms with Crippen LogP contribution in [0.4, 0.5) is 0 Å². The minimum absolute atomic E-state index is 0.161. The van der Waals surface area contributed by atoms with Gasteiger partial charge in [-0.1, -0.05) is 18.2 Å². The molecule has 1 aromatic carbocycles. The molecule has 0 aliphatic rings. The monoisotopic (exact) mass is 255 g/mol. The van der Waals surface area contributed by atoms with Crippen LogP contribution >= 0.6 is 15.9 Å². The second-order valence-electron chi connectivity index (χ2n) is 2.80. The molecule has 1 aromatic heterocycles. The third kappa shape index (κ3) is 1.09. The molecule has 2 N–H and O–H groups in total. The smallest absolute Gasteiger partial charge is 0.357 e. The van der Waals surface area contributed by atoms with Gasteiger partial charge >= 0.3 is 5.97 Å². The first-order valence-corrected chi connectivity index (χ1v) is 4.63. The van der Waals surface area contributed by atoms with E-state index in [1.54, 1.807) is 24.3 Å². The summed E-state index contributed by atoms with van der Waals surface area (Å²) in [6.07, 6.45) is 0. The van der Waals surface area contributed by atoms with Gasteiger partial charge in [0.05, 0.1) is 9.99 Å². The number of nitrogens with zero attached hydrogens (tertiary/aromatic N) is 1. The largest absolute Gasteiger partial charge is 0.476 e. The summed E-state index contributed by atoms with van der Waals surface area (Å²) in [6, 6.07) is 6.89. The summed E-state index contributed by atoms with van der Waals surface area (Å²) in [4.78, 5) is 10.8. The molecule has 0 amide bonds. The molecule has 14 heavy (non-hydrogen) atoms. The standard InChI is InChI=1S/C9H6BrNO3/c10-7-5-3-1-2-4-6(5)11(14)8(7)9(12)13/h1-4,14H,(H,12,13). The molecule has 0 aliphatic heterocycles. The van der Waals surface area contributed by atoms with E-state index in [4.69, 9.17) is 5.11 Å². The molecule has 0 atom stereocenters. The zero-order chi connectivity index (χ0) is 10.3. The summed E-state index contributed by atoms with van der Waals surface area (Å²) >= 11 is 3.14. The highest BCUT2D eigenvalue weighted by Gasteiger charge is 2.19. The van der Waals surface area contributed by atoms with E-state index in [9.17, 15) is 10.0 Å². The predicted octanol–water partition coefficient (Wildman–Crippen LogP) is 2.34. The summed E-state index contributed by atoms with van der Waals surface area (Å²) in [5.74, 6) is -1.17. The van der Waals surface area contributed by atoms with Crippen molar-refractivity contribution >= 4 is 32.8 Å². The van der Waals surface area contributed by atoms with Gasteiger partial charge in [-0.05, 0) is 22.0 Å². The topological polar surface area (TPSA) is 62.5 Å². The van der Waals surface area contributed by atoms with Crippen molar-refractivity contribution in [3.8, 4) is 0 Å². The summed E-state index contributed by atoms with van der Waals surface area (Å²) in [6.45, 7) is 0. The minimum Gasteiger partial charge on any atom is -0.476 e. The summed E-state index contributed by atoms with van der Waals surface area (Å²) < 4.78 is 1.06. The Morgan fingerprint density at radius 2 is 2.00 bits per heavy atom. The van der Waals surface area contributed by atoms with E-state index < -0.39 is 5.97 Å². The van der Waals surface area contributed by atoms with Crippen molar-refractivity contribution in [3.63, 3.8) is 0 Å². The number of halogens is 1. The van der Waals surface area contributed by atoms with E-state index in [0.29, 0.717) is 20.1 Å². The molecule has 0 bridgehead atoms. The maximum atomic E-state index is 10.8. The Morgan fingerprint density at radius 3 is 2.57 bits per heavy atom. The second-order valence-corrected chi connectivity index (χ2v) is 3.59. The summed E-state index contributed by atoms with van der Waals surface area (Å²) in [5.41, 5.74) is 0.308. The Kier molecular flexibility index (Phi) is 1.96. The third-order valence-electron chi connectivity index (χ3n) is 1.99. The minimum atomic E-state index is -1.17. The van der Waals surface area contributed by atoms with Crippen LogP contribution in [0.5, 0.6) is 0 Å². The predicted molar refractivity (Wildman–Crippen MR) is 53.8 cm³/mol. The molecular weight excluding hydrogens is 250 g/mol. The molecule has 2 aromatic rings. The highest BCUT2D eigenvalue weighted by atomic mass is 79.9. The number of fused-ring (bicyclic) bond motifs is 1. The van der Waals surface area contributed by atoms with E-state index in [0.717, 1.165) is 0 Å². The van der Waals surface area contributed by atoms with Gasteiger partial charge in [0.1, 0.15) is 0 Å². The molecule has 0 radical (unpaired) electrons. The number of carboxylic acid groups (broad SMARTS) is 1. The fraction of sp³-hybridized carbons (Fsp3) is 0. The average Bonchev–Trinajstić information content (AvgIpc) is 2.41. The van der Waals surface area contributed by atoms with Gasteiger partial charge in [0.25, 0.3) is 0 Å². The van der Waals surface area contributed by atoms with Gasteiger partial charge in [-0.2, -0.15) is 4.73 Å². The van der Waals surface area contributed by atoms with Gasteiger partial charge < -0.3 is 10.3 Å². The van der Waals surface area contributed by atoms with Crippen LogP contribution in [-0.4, -0.2) is 21.0 Å². The quantitative estimate of drug-likeness (QED) is 0.769. The van der Waals surface area contributed by atoms with Crippen LogP contribution in [0, 0.1) is 0 Å². The fourth-order valence-electron chi connectivity index (χ4n) is 1.37. The van der Waals surface area contributed by atoms with E-state index in [2.05, 4.69) is 15.9 Å². The first-order valence-electron chi connectivity index (χ1n) is 3.84. The zero-order valence-corrected chi connectivity index (χ0v) is 8.52. The number of rotatable bonds is 1. The Bertz CT molecular complexity index is 479. The second kappa shape index (κ2) is 3.02. The van der Waals surface area contributed by atoms with Crippen molar-refractivity contribution < 1.29 is 15.1 Å². The van der Waals surface area contributed by atoms with Crippen LogP contribution in [0.25, 0.3) is 10.9 Å². The molecule has 5 heteroatoms. The Labute approximate surface area is 87.5 Å². The Balaban J connectivity index is 2.92. The average molecular weight is 256 g/mol. The number of aromatic carboxylic acids is 1. The van der Waals surface area contributed by atoms with Crippen LogP contribution in [0.2, 0.25) is 0 Å². The van der Waals surface area contributed by atoms with Gasteiger partial charge in [-0.3, -0.25) is 0 Å². The van der Waals surface area contributed by atoms with Crippen molar-refractivity contribution in [3.05, 3.63) is 34.4 Å². The lowest BCUT2D eigenvalue weighted by Gasteiger charge is -1.96. The van der Waals surface area contributed by atoms with Crippen molar-refractivity contribution in [2.24, 2.45) is 0 Å².